The topological polar surface area (TPSA) is 79.8 Å². The number of benzene rings is 1. The molecule has 24 heavy (non-hydrogen) atoms. The van der Waals surface area contributed by atoms with E-state index < -0.39 is 0 Å². The summed E-state index contributed by atoms with van der Waals surface area (Å²) >= 11 is 11.9. The Bertz CT molecular complexity index is 978. The smallest absolute Gasteiger partial charge is 0.276 e. The molecule has 8 heteroatoms. The molecular weight excluding hydrogens is 351 g/mol. The number of halogens is 2. The van der Waals surface area contributed by atoms with E-state index in [0.29, 0.717) is 27.0 Å². The third-order valence-corrected chi connectivity index (χ3v) is 4.08. The molecule has 0 spiro atoms. The van der Waals surface area contributed by atoms with Crippen LogP contribution in [-0.4, -0.2) is 20.7 Å². The van der Waals surface area contributed by atoms with Crippen molar-refractivity contribution in [2.24, 2.45) is 0 Å². The van der Waals surface area contributed by atoms with E-state index >= 15 is 0 Å². The minimum atomic E-state index is -0.389. The molecule has 0 bridgehead atoms. The Morgan fingerprint density at radius 1 is 1.21 bits per heavy atom. The lowest BCUT2D eigenvalue weighted by molar-refractivity contribution is 0.102. The van der Waals surface area contributed by atoms with Crippen LogP contribution in [0.4, 0.5) is 5.69 Å². The van der Waals surface area contributed by atoms with Gasteiger partial charge in [0, 0.05) is 18.0 Å². The molecule has 0 aliphatic carbocycles. The van der Waals surface area contributed by atoms with Crippen molar-refractivity contribution in [2.75, 3.05) is 5.32 Å². The first-order valence-corrected chi connectivity index (χ1v) is 7.71. The van der Waals surface area contributed by atoms with Crippen molar-refractivity contribution in [3.8, 4) is 5.69 Å². The van der Waals surface area contributed by atoms with E-state index in [1.807, 2.05) is 0 Å². The van der Waals surface area contributed by atoms with E-state index in [1.54, 1.807) is 43.5 Å². The Labute approximate surface area is 147 Å². The number of pyridine rings is 1. The molecule has 2 aromatic heterocycles. The normalized spacial score (nSPS) is 10.6. The number of H-pyrrole nitrogens is 1. The lowest BCUT2D eigenvalue weighted by Gasteiger charge is -2.04. The molecular formula is C16H12Cl2N4O2. The fourth-order valence-electron chi connectivity index (χ4n) is 2.08. The Morgan fingerprint density at radius 3 is 2.71 bits per heavy atom. The van der Waals surface area contributed by atoms with Crippen LogP contribution >= 0.6 is 23.2 Å². The summed E-state index contributed by atoms with van der Waals surface area (Å²) < 4.78 is 1.52. The highest BCUT2D eigenvalue weighted by atomic mass is 35.5. The molecule has 0 unspecified atom stereocenters. The summed E-state index contributed by atoms with van der Waals surface area (Å²) in [6, 6.07) is 8.23. The third-order valence-electron chi connectivity index (χ3n) is 3.34. The number of hydrogen-bond donors (Lipinski definition) is 2. The minimum Gasteiger partial charge on any atom is -0.327 e. The lowest BCUT2D eigenvalue weighted by atomic mass is 10.3. The van der Waals surface area contributed by atoms with Gasteiger partial charge in [0.25, 0.3) is 11.5 Å². The quantitative estimate of drug-likeness (QED) is 0.748. The van der Waals surface area contributed by atoms with Crippen LogP contribution in [0.25, 0.3) is 5.69 Å². The highest BCUT2D eigenvalue weighted by Gasteiger charge is 2.12. The van der Waals surface area contributed by atoms with Crippen molar-refractivity contribution in [3.63, 3.8) is 0 Å². The predicted octanol–water partition coefficient (Wildman–Crippen LogP) is 3.43. The second-order valence-electron chi connectivity index (χ2n) is 5.10. The largest absolute Gasteiger partial charge is 0.327 e. The maximum Gasteiger partial charge on any atom is 0.276 e. The molecule has 0 saturated heterocycles. The Morgan fingerprint density at radius 2 is 2.00 bits per heavy atom. The van der Waals surface area contributed by atoms with E-state index in [2.05, 4.69) is 15.4 Å². The molecule has 0 atom stereocenters. The first kappa shape index (κ1) is 16.3. The summed E-state index contributed by atoms with van der Waals surface area (Å²) in [6.07, 6.45) is 3.08. The van der Waals surface area contributed by atoms with Gasteiger partial charge >= 0.3 is 0 Å². The number of rotatable bonds is 3. The summed E-state index contributed by atoms with van der Waals surface area (Å²) in [7, 11) is 0. The van der Waals surface area contributed by atoms with Gasteiger partial charge in [-0.2, -0.15) is 5.10 Å². The van der Waals surface area contributed by atoms with Crippen LogP contribution in [0.5, 0.6) is 0 Å². The van der Waals surface area contributed by atoms with Gasteiger partial charge in [-0.3, -0.25) is 9.59 Å². The predicted molar refractivity (Wildman–Crippen MR) is 93.3 cm³/mol. The maximum atomic E-state index is 12.2. The molecule has 0 saturated carbocycles. The second kappa shape index (κ2) is 6.51. The summed E-state index contributed by atoms with van der Waals surface area (Å²) in [5, 5.41) is 7.74. The molecule has 1 aromatic carbocycles. The van der Waals surface area contributed by atoms with E-state index in [9.17, 15) is 9.59 Å². The molecule has 0 aliphatic rings. The molecule has 0 radical (unpaired) electrons. The monoisotopic (exact) mass is 362 g/mol. The van der Waals surface area contributed by atoms with Crippen LogP contribution in [0.2, 0.25) is 10.0 Å². The zero-order valence-electron chi connectivity index (χ0n) is 12.5. The Hall–Kier alpha value is -2.57. The fourth-order valence-corrected chi connectivity index (χ4v) is 2.37. The third kappa shape index (κ3) is 3.34. The van der Waals surface area contributed by atoms with Gasteiger partial charge in [-0.25, -0.2) is 4.68 Å². The number of carbonyl (C=O) groups excluding carboxylic acids is 1. The van der Waals surface area contributed by atoms with Crippen LogP contribution in [0.1, 0.15) is 16.1 Å². The van der Waals surface area contributed by atoms with Gasteiger partial charge in [0.2, 0.25) is 0 Å². The van der Waals surface area contributed by atoms with Crippen LogP contribution in [0, 0.1) is 6.92 Å². The van der Waals surface area contributed by atoms with Gasteiger partial charge in [-0.15, -0.1) is 0 Å². The molecule has 2 heterocycles. The second-order valence-corrected chi connectivity index (χ2v) is 5.91. The number of aromatic amines is 1. The zero-order valence-corrected chi connectivity index (χ0v) is 14.0. The van der Waals surface area contributed by atoms with Crippen molar-refractivity contribution in [3.05, 3.63) is 74.4 Å². The van der Waals surface area contributed by atoms with Crippen LogP contribution in [0.3, 0.4) is 0 Å². The maximum absolute atomic E-state index is 12.2. The Kier molecular flexibility index (Phi) is 4.42. The molecule has 6 nitrogen and oxygen atoms in total. The number of aryl methyl sites for hydroxylation is 1. The number of nitrogens with zero attached hydrogens (tertiary/aromatic N) is 2. The summed E-state index contributed by atoms with van der Waals surface area (Å²) in [4.78, 5) is 26.1. The Balaban J connectivity index is 1.81. The molecule has 122 valence electrons. The standard InChI is InChI=1S/C16H12Cl2N4O2/c1-9-6-10(8-19-15(9)23)20-16(24)14-4-5-22(21-14)11-2-3-12(17)13(18)7-11/h2-8H,1H3,(H,19,23)(H,20,24). The van der Waals surface area contributed by atoms with Gasteiger partial charge in [0.05, 0.1) is 21.4 Å². The molecule has 0 aliphatic heterocycles. The van der Waals surface area contributed by atoms with Crippen LogP contribution in [0.15, 0.2) is 47.5 Å². The fraction of sp³-hybridized carbons (Fsp3) is 0.0625. The van der Waals surface area contributed by atoms with E-state index in [0.717, 1.165) is 0 Å². The number of carbonyl (C=O) groups is 1. The molecule has 3 rings (SSSR count). The number of nitrogens with one attached hydrogen (secondary N) is 2. The molecule has 0 fully saturated rings. The highest BCUT2D eigenvalue weighted by molar-refractivity contribution is 6.42. The average molecular weight is 363 g/mol. The number of aromatic nitrogens is 3. The highest BCUT2D eigenvalue weighted by Crippen LogP contribution is 2.24. The van der Waals surface area contributed by atoms with Gasteiger partial charge in [-0.1, -0.05) is 23.2 Å². The SMILES string of the molecule is Cc1cc(NC(=O)c2ccn(-c3ccc(Cl)c(Cl)c3)n2)c[nH]c1=O. The lowest BCUT2D eigenvalue weighted by Crippen LogP contribution is -2.16. The van der Waals surface area contributed by atoms with E-state index in [1.165, 1.54) is 10.9 Å². The first-order valence-electron chi connectivity index (χ1n) is 6.96. The van der Waals surface area contributed by atoms with Crippen LogP contribution < -0.4 is 10.9 Å². The van der Waals surface area contributed by atoms with Crippen molar-refractivity contribution >= 4 is 34.8 Å². The van der Waals surface area contributed by atoms with Crippen molar-refractivity contribution in [1.29, 1.82) is 0 Å². The average Bonchev–Trinajstić information content (AvgIpc) is 3.04. The first-order chi connectivity index (χ1) is 11.4. The van der Waals surface area contributed by atoms with E-state index in [-0.39, 0.29) is 17.2 Å². The summed E-state index contributed by atoms with van der Waals surface area (Å²) in [5.41, 5.74) is 1.71. The summed E-state index contributed by atoms with van der Waals surface area (Å²) in [5.74, 6) is -0.389. The van der Waals surface area contributed by atoms with Gasteiger partial charge < -0.3 is 10.3 Å². The summed E-state index contributed by atoms with van der Waals surface area (Å²) in [6.45, 7) is 1.66. The van der Waals surface area contributed by atoms with Crippen molar-refractivity contribution in [2.45, 2.75) is 6.92 Å². The zero-order chi connectivity index (χ0) is 17.3. The van der Waals surface area contributed by atoms with Crippen LogP contribution in [-0.2, 0) is 0 Å². The molecule has 2 N–H and O–H groups in total. The number of hydrogen-bond acceptors (Lipinski definition) is 3. The minimum absolute atomic E-state index is 0.197. The molecule has 3 aromatic rings. The number of amides is 1. The van der Waals surface area contributed by atoms with Crippen molar-refractivity contribution in [1.82, 2.24) is 14.8 Å². The van der Waals surface area contributed by atoms with E-state index in [4.69, 9.17) is 23.2 Å². The number of anilines is 1. The van der Waals surface area contributed by atoms with Gasteiger partial charge in [0.15, 0.2) is 5.69 Å². The molecule has 1 amide bonds. The van der Waals surface area contributed by atoms with Crippen molar-refractivity contribution < 1.29 is 4.79 Å². The van der Waals surface area contributed by atoms with Gasteiger partial charge in [0.1, 0.15) is 0 Å². The van der Waals surface area contributed by atoms with Gasteiger partial charge in [-0.05, 0) is 37.3 Å².